The van der Waals surface area contributed by atoms with Crippen LogP contribution in [0.3, 0.4) is 0 Å². The Kier molecular flexibility index (Phi) is 5.49. The van der Waals surface area contributed by atoms with Gasteiger partial charge >= 0.3 is 0 Å². The average molecular weight is 326 g/mol. The Morgan fingerprint density at radius 1 is 1.12 bits per heavy atom. The maximum Gasteiger partial charge on any atom is 0.227 e. The lowest BCUT2D eigenvalue weighted by molar-refractivity contribution is -0.137. The van der Waals surface area contributed by atoms with Gasteiger partial charge in [0.2, 0.25) is 5.91 Å². The minimum Gasteiger partial charge on any atom is -0.340 e. The summed E-state index contributed by atoms with van der Waals surface area (Å²) in [5.41, 5.74) is 1.31. The average Bonchev–Trinajstić information content (AvgIpc) is 2.96. The Labute approximate surface area is 144 Å². The van der Waals surface area contributed by atoms with Crippen LogP contribution in [0.25, 0.3) is 0 Å². The first-order chi connectivity index (χ1) is 11.7. The zero-order chi connectivity index (χ0) is 16.9. The third-order valence-corrected chi connectivity index (χ3v) is 5.23. The van der Waals surface area contributed by atoms with E-state index in [0.29, 0.717) is 18.4 Å². The standard InChI is InChI=1S/C19H26N4O/c1-16-13-22(14-17-5-3-2-4-6-17)15-18(16)19(24)23-11-9-21(8-7-20)10-12-23/h2-6,16,18H,8-15H2,1H3/t16-,18-/m1/s1. The van der Waals surface area contributed by atoms with E-state index < -0.39 is 0 Å². The SMILES string of the molecule is C[C@@H]1CN(Cc2ccccc2)C[C@H]1C(=O)N1CCN(CC#N)CC1. The lowest BCUT2D eigenvalue weighted by Crippen LogP contribution is -2.51. The van der Waals surface area contributed by atoms with E-state index in [0.717, 1.165) is 45.8 Å². The third kappa shape index (κ3) is 3.95. The van der Waals surface area contributed by atoms with E-state index in [1.165, 1.54) is 5.56 Å². The highest BCUT2D eigenvalue weighted by Crippen LogP contribution is 2.26. The van der Waals surface area contributed by atoms with Crippen molar-refractivity contribution in [3.05, 3.63) is 35.9 Å². The van der Waals surface area contributed by atoms with Gasteiger partial charge < -0.3 is 4.90 Å². The van der Waals surface area contributed by atoms with E-state index in [1.54, 1.807) is 0 Å². The van der Waals surface area contributed by atoms with Crippen LogP contribution in [0.4, 0.5) is 0 Å². The molecule has 0 aliphatic carbocycles. The summed E-state index contributed by atoms with van der Waals surface area (Å²) in [7, 11) is 0. The van der Waals surface area contributed by atoms with E-state index in [-0.39, 0.29) is 5.92 Å². The monoisotopic (exact) mass is 326 g/mol. The molecule has 2 aliphatic rings. The van der Waals surface area contributed by atoms with Crippen molar-refractivity contribution < 1.29 is 4.79 Å². The fourth-order valence-electron chi connectivity index (χ4n) is 3.82. The van der Waals surface area contributed by atoms with Crippen molar-refractivity contribution in [1.82, 2.24) is 14.7 Å². The minimum atomic E-state index is 0.108. The van der Waals surface area contributed by atoms with Crippen LogP contribution in [-0.2, 0) is 11.3 Å². The first-order valence-corrected chi connectivity index (χ1v) is 8.81. The largest absolute Gasteiger partial charge is 0.340 e. The number of benzene rings is 1. The molecular weight excluding hydrogens is 300 g/mol. The summed E-state index contributed by atoms with van der Waals surface area (Å²) >= 11 is 0. The molecule has 128 valence electrons. The van der Waals surface area contributed by atoms with Crippen LogP contribution in [0.1, 0.15) is 12.5 Å². The molecule has 0 N–H and O–H groups in total. The van der Waals surface area contributed by atoms with Crippen LogP contribution in [0.5, 0.6) is 0 Å². The van der Waals surface area contributed by atoms with Gasteiger partial charge in [0.1, 0.15) is 0 Å². The molecule has 0 unspecified atom stereocenters. The molecule has 2 saturated heterocycles. The summed E-state index contributed by atoms with van der Waals surface area (Å²) in [6.45, 7) is 8.55. The molecule has 0 saturated carbocycles. The molecule has 0 bridgehead atoms. The highest BCUT2D eigenvalue weighted by atomic mass is 16.2. The molecule has 5 heteroatoms. The van der Waals surface area contributed by atoms with E-state index in [4.69, 9.17) is 5.26 Å². The maximum atomic E-state index is 12.9. The second-order valence-corrected chi connectivity index (χ2v) is 7.02. The van der Waals surface area contributed by atoms with Crippen molar-refractivity contribution in [2.24, 2.45) is 11.8 Å². The summed E-state index contributed by atoms with van der Waals surface area (Å²) in [6.07, 6.45) is 0. The third-order valence-electron chi connectivity index (χ3n) is 5.23. The van der Waals surface area contributed by atoms with Crippen LogP contribution in [-0.4, -0.2) is 66.4 Å². The number of carbonyl (C=O) groups is 1. The number of amides is 1. The Hall–Kier alpha value is -1.90. The zero-order valence-electron chi connectivity index (χ0n) is 14.4. The number of hydrogen-bond donors (Lipinski definition) is 0. The summed E-state index contributed by atoms with van der Waals surface area (Å²) in [5.74, 6) is 0.809. The van der Waals surface area contributed by atoms with Gasteiger partial charge in [0.25, 0.3) is 0 Å². The molecule has 1 aromatic rings. The molecule has 5 nitrogen and oxygen atoms in total. The van der Waals surface area contributed by atoms with Crippen molar-refractivity contribution in [3.8, 4) is 6.07 Å². The smallest absolute Gasteiger partial charge is 0.227 e. The van der Waals surface area contributed by atoms with E-state index in [1.807, 2.05) is 11.0 Å². The fourth-order valence-corrected chi connectivity index (χ4v) is 3.82. The van der Waals surface area contributed by atoms with E-state index in [2.05, 4.69) is 47.1 Å². The van der Waals surface area contributed by atoms with Crippen molar-refractivity contribution in [2.75, 3.05) is 45.8 Å². The van der Waals surface area contributed by atoms with Crippen LogP contribution in [0.15, 0.2) is 30.3 Å². The van der Waals surface area contributed by atoms with Gasteiger partial charge in [-0.25, -0.2) is 0 Å². The molecule has 24 heavy (non-hydrogen) atoms. The quantitative estimate of drug-likeness (QED) is 0.785. The van der Waals surface area contributed by atoms with Gasteiger partial charge in [-0.05, 0) is 11.5 Å². The zero-order valence-corrected chi connectivity index (χ0v) is 14.4. The predicted octanol–water partition coefficient (Wildman–Crippen LogP) is 1.42. The van der Waals surface area contributed by atoms with Gasteiger partial charge in [0.15, 0.2) is 0 Å². The Morgan fingerprint density at radius 2 is 1.83 bits per heavy atom. The maximum absolute atomic E-state index is 12.9. The van der Waals surface area contributed by atoms with Crippen LogP contribution >= 0.6 is 0 Å². The second-order valence-electron chi connectivity index (χ2n) is 7.02. The van der Waals surface area contributed by atoms with Crippen molar-refractivity contribution >= 4 is 5.91 Å². The minimum absolute atomic E-state index is 0.108. The van der Waals surface area contributed by atoms with Gasteiger partial charge in [-0.3, -0.25) is 14.6 Å². The van der Waals surface area contributed by atoms with Gasteiger partial charge in [-0.15, -0.1) is 0 Å². The van der Waals surface area contributed by atoms with Gasteiger partial charge in [-0.1, -0.05) is 37.3 Å². The summed E-state index contributed by atoms with van der Waals surface area (Å²) in [6, 6.07) is 12.7. The molecular formula is C19H26N4O. The lowest BCUT2D eigenvalue weighted by Gasteiger charge is -2.35. The van der Waals surface area contributed by atoms with E-state index >= 15 is 0 Å². The summed E-state index contributed by atoms with van der Waals surface area (Å²) < 4.78 is 0. The Balaban J connectivity index is 1.53. The Bertz CT molecular complexity index is 589. The number of nitrogens with zero attached hydrogens (tertiary/aromatic N) is 4. The van der Waals surface area contributed by atoms with Crippen molar-refractivity contribution in [2.45, 2.75) is 13.5 Å². The molecule has 2 fully saturated rings. The molecule has 2 heterocycles. The van der Waals surface area contributed by atoms with Crippen LogP contribution in [0.2, 0.25) is 0 Å². The molecule has 3 rings (SSSR count). The number of hydrogen-bond acceptors (Lipinski definition) is 4. The predicted molar refractivity (Wildman–Crippen MR) is 93.0 cm³/mol. The molecule has 1 amide bonds. The number of rotatable bonds is 4. The number of likely N-dealkylation sites (tertiary alicyclic amines) is 1. The van der Waals surface area contributed by atoms with E-state index in [9.17, 15) is 4.79 Å². The fraction of sp³-hybridized carbons (Fsp3) is 0.579. The number of nitriles is 1. The van der Waals surface area contributed by atoms with Gasteiger partial charge in [0.05, 0.1) is 18.5 Å². The molecule has 0 aromatic heterocycles. The van der Waals surface area contributed by atoms with Crippen molar-refractivity contribution in [1.29, 1.82) is 5.26 Å². The topological polar surface area (TPSA) is 50.6 Å². The molecule has 2 aliphatic heterocycles. The van der Waals surface area contributed by atoms with Gasteiger partial charge in [-0.2, -0.15) is 5.26 Å². The molecule has 1 aromatic carbocycles. The number of piperazine rings is 1. The lowest BCUT2D eigenvalue weighted by atomic mass is 9.96. The van der Waals surface area contributed by atoms with Crippen molar-refractivity contribution in [3.63, 3.8) is 0 Å². The van der Waals surface area contributed by atoms with Crippen LogP contribution < -0.4 is 0 Å². The van der Waals surface area contributed by atoms with Gasteiger partial charge in [0, 0.05) is 45.8 Å². The Morgan fingerprint density at radius 3 is 2.50 bits per heavy atom. The van der Waals surface area contributed by atoms with Crippen LogP contribution in [0, 0.1) is 23.2 Å². The molecule has 0 spiro atoms. The second kappa shape index (κ2) is 7.78. The normalized spacial score (nSPS) is 25.6. The summed E-state index contributed by atoms with van der Waals surface area (Å²) in [5, 5.41) is 8.77. The first kappa shape index (κ1) is 16.9. The summed E-state index contributed by atoms with van der Waals surface area (Å²) in [4.78, 5) is 19.4. The first-order valence-electron chi connectivity index (χ1n) is 8.81. The molecule has 2 atom stereocenters. The highest BCUT2D eigenvalue weighted by Gasteiger charge is 2.37. The number of carbonyl (C=O) groups excluding carboxylic acids is 1. The molecule has 0 radical (unpaired) electrons. The highest BCUT2D eigenvalue weighted by molar-refractivity contribution is 5.80.